The predicted octanol–water partition coefficient (Wildman–Crippen LogP) is 7.76. The van der Waals surface area contributed by atoms with Gasteiger partial charge in [0, 0.05) is 5.92 Å². The lowest BCUT2D eigenvalue weighted by atomic mass is 9.86. The molecule has 0 aliphatic heterocycles. The Bertz CT molecular complexity index is 499. The Balaban J connectivity index is 0. The second kappa shape index (κ2) is 19.7. The maximum absolute atomic E-state index is 11.6. The smallest absolute Gasteiger partial charge is 0.137 e. The van der Waals surface area contributed by atoms with Crippen LogP contribution in [0, 0.1) is 5.92 Å². The highest BCUT2D eigenvalue weighted by molar-refractivity contribution is 5.83. The second-order valence-electron chi connectivity index (χ2n) is 7.25. The molecule has 3 nitrogen and oxygen atoms in total. The molecule has 1 saturated carbocycles. The van der Waals surface area contributed by atoms with Crippen LogP contribution in [0.15, 0.2) is 24.3 Å². The summed E-state index contributed by atoms with van der Waals surface area (Å²) in [6.45, 7) is 15.7. The van der Waals surface area contributed by atoms with Crippen LogP contribution in [0.25, 0.3) is 0 Å². The molecule has 3 heteroatoms. The van der Waals surface area contributed by atoms with Crippen molar-refractivity contribution in [3.05, 3.63) is 29.8 Å². The Kier molecular flexibility index (Phi) is 20.0. The third-order valence-corrected chi connectivity index (χ3v) is 4.86. The molecule has 0 saturated heterocycles. The number of carbonyl (C=O) groups excluding carboxylic acids is 2. The van der Waals surface area contributed by atoms with E-state index in [1.54, 1.807) is 6.92 Å². The number of ether oxygens (including phenoxy) is 1. The maximum Gasteiger partial charge on any atom is 0.137 e. The minimum atomic E-state index is 0.0269. The van der Waals surface area contributed by atoms with E-state index < -0.39 is 0 Å². The van der Waals surface area contributed by atoms with Crippen molar-refractivity contribution in [1.82, 2.24) is 0 Å². The quantitative estimate of drug-likeness (QED) is 0.453. The van der Waals surface area contributed by atoms with Crippen molar-refractivity contribution in [2.45, 2.75) is 112 Å². The molecule has 0 aromatic heterocycles. The molecule has 29 heavy (non-hydrogen) atoms. The summed E-state index contributed by atoms with van der Waals surface area (Å²) < 4.78 is 6.09. The third kappa shape index (κ3) is 13.2. The Labute approximate surface area is 180 Å². The van der Waals surface area contributed by atoms with E-state index in [4.69, 9.17) is 9.53 Å². The summed E-state index contributed by atoms with van der Waals surface area (Å²) >= 11 is 0. The first-order valence-corrected chi connectivity index (χ1v) is 11.6. The van der Waals surface area contributed by atoms with Crippen molar-refractivity contribution in [1.29, 1.82) is 0 Å². The standard InChI is InChI=1S/C19H28O2.C3H8.C2H4O.C2H6/c1-4-15-6-10-17(11-7-15)21-18-12-8-16(9-13-18)19(5-2)14(3)20;1-3-2;1-2-3;1-2/h8-9,12-13,15,17,19H,4-7,10-11H2,1-3H3;3H2,1-2H3;2H,1H3;1-2H3. The van der Waals surface area contributed by atoms with E-state index in [0.29, 0.717) is 6.10 Å². The van der Waals surface area contributed by atoms with Gasteiger partial charge < -0.3 is 9.53 Å². The topological polar surface area (TPSA) is 43.4 Å². The molecule has 1 aliphatic rings. The predicted molar refractivity (Wildman–Crippen MR) is 126 cm³/mol. The van der Waals surface area contributed by atoms with Crippen LogP contribution in [-0.4, -0.2) is 18.2 Å². The van der Waals surface area contributed by atoms with Crippen molar-refractivity contribution >= 4 is 12.1 Å². The fourth-order valence-electron chi connectivity index (χ4n) is 3.39. The van der Waals surface area contributed by atoms with Crippen LogP contribution >= 0.6 is 0 Å². The molecule has 0 bridgehead atoms. The fraction of sp³-hybridized carbons (Fsp3) is 0.692. The average Bonchev–Trinajstić information content (AvgIpc) is 2.73. The number of Topliss-reactive ketones (excluding diaryl/α,β-unsaturated/α-hetero) is 1. The normalized spacial score (nSPS) is 18.3. The summed E-state index contributed by atoms with van der Waals surface area (Å²) in [5.74, 6) is 2.10. The van der Waals surface area contributed by atoms with Gasteiger partial charge in [-0.3, -0.25) is 4.79 Å². The monoisotopic (exact) mass is 406 g/mol. The minimum absolute atomic E-state index is 0.0269. The van der Waals surface area contributed by atoms with E-state index in [-0.39, 0.29) is 11.7 Å². The molecule has 1 aromatic carbocycles. The number of aldehydes is 1. The van der Waals surface area contributed by atoms with Gasteiger partial charge in [0.15, 0.2) is 0 Å². The van der Waals surface area contributed by atoms with Gasteiger partial charge in [0.1, 0.15) is 17.8 Å². The fourth-order valence-corrected chi connectivity index (χ4v) is 3.39. The molecular formula is C26H46O3. The minimum Gasteiger partial charge on any atom is -0.490 e. The van der Waals surface area contributed by atoms with Crippen LogP contribution in [0.3, 0.4) is 0 Å². The molecule has 0 amide bonds. The molecule has 2 rings (SSSR count). The average molecular weight is 407 g/mol. The molecule has 1 aliphatic carbocycles. The summed E-state index contributed by atoms with van der Waals surface area (Å²) in [6.07, 6.45) is 9.45. The van der Waals surface area contributed by atoms with Crippen molar-refractivity contribution in [2.24, 2.45) is 5.92 Å². The van der Waals surface area contributed by atoms with E-state index in [2.05, 4.69) is 27.7 Å². The first-order chi connectivity index (χ1) is 14.0. The first-order valence-electron chi connectivity index (χ1n) is 11.6. The van der Waals surface area contributed by atoms with Crippen LogP contribution in [-0.2, 0) is 9.59 Å². The number of ketones is 1. The number of hydrogen-bond acceptors (Lipinski definition) is 3. The van der Waals surface area contributed by atoms with Crippen molar-refractivity contribution in [3.63, 3.8) is 0 Å². The zero-order valence-corrected chi connectivity index (χ0v) is 20.3. The van der Waals surface area contributed by atoms with Crippen LogP contribution < -0.4 is 4.74 Å². The number of benzene rings is 1. The summed E-state index contributed by atoms with van der Waals surface area (Å²) in [5, 5.41) is 0. The van der Waals surface area contributed by atoms with Gasteiger partial charge in [-0.15, -0.1) is 0 Å². The third-order valence-electron chi connectivity index (χ3n) is 4.86. The molecule has 0 radical (unpaired) electrons. The van der Waals surface area contributed by atoms with Gasteiger partial charge in [-0.25, -0.2) is 0 Å². The van der Waals surface area contributed by atoms with E-state index >= 15 is 0 Å². The summed E-state index contributed by atoms with van der Waals surface area (Å²) in [6, 6.07) is 8.13. The van der Waals surface area contributed by atoms with E-state index in [1.807, 2.05) is 38.1 Å². The highest BCUT2D eigenvalue weighted by atomic mass is 16.5. The summed E-state index contributed by atoms with van der Waals surface area (Å²) in [7, 11) is 0. The second-order valence-corrected chi connectivity index (χ2v) is 7.25. The number of rotatable bonds is 6. The van der Waals surface area contributed by atoms with Gasteiger partial charge >= 0.3 is 0 Å². The Hall–Kier alpha value is -1.64. The van der Waals surface area contributed by atoms with E-state index in [1.165, 1.54) is 45.4 Å². The lowest BCUT2D eigenvalue weighted by Crippen LogP contribution is -2.23. The van der Waals surface area contributed by atoms with Gasteiger partial charge in [-0.05, 0) is 69.6 Å². The van der Waals surface area contributed by atoms with Gasteiger partial charge in [-0.1, -0.05) is 66.5 Å². The van der Waals surface area contributed by atoms with Gasteiger partial charge in [0.25, 0.3) is 0 Å². The zero-order valence-electron chi connectivity index (χ0n) is 20.3. The van der Waals surface area contributed by atoms with Crippen LogP contribution in [0.2, 0.25) is 0 Å². The molecule has 0 N–H and O–H groups in total. The molecular weight excluding hydrogens is 360 g/mol. The molecule has 1 fully saturated rings. The van der Waals surface area contributed by atoms with Crippen molar-refractivity contribution < 1.29 is 14.3 Å². The lowest BCUT2D eigenvalue weighted by Gasteiger charge is -2.28. The Morgan fingerprint density at radius 3 is 1.83 bits per heavy atom. The van der Waals surface area contributed by atoms with Crippen LogP contribution in [0.4, 0.5) is 0 Å². The van der Waals surface area contributed by atoms with Crippen molar-refractivity contribution in [2.75, 3.05) is 0 Å². The van der Waals surface area contributed by atoms with Crippen LogP contribution in [0.5, 0.6) is 5.75 Å². The van der Waals surface area contributed by atoms with Gasteiger partial charge in [-0.2, -0.15) is 0 Å². The molecule has 0 heterocycles. The van der Waals surface area contributed by atoms with E-state index in [9.17, 15) is 4.79 Å². The van der Waals surface area contributed by atoms with E-state index in [0.717, 1.165) is 29.9 Å². The zero-order chi connectivity index (χ0) is 22.7. The summed E-state index contributed by atoms with van der Waals surface area (Å²) in [5.41, 5.74) is 1.10. The molecule has 1 unspecified atom stereocenters. The largest absolute Gasteiger partial charge is 0.490 e. The lowest BCUT2D eigenvalue weighted by molar-refractivity contribution is -0.118. The van der Waals surface area contributed by atoms with Crippen LogP contribution in [0.1, 0.15) is 112 Å². The summed E-state index contributed by atoms with van der Waals surface area (Å²) in [4.78, 5) is 20.4. The first kappa shape index (κ1) is 29.6. The Morgan fingerprint density at radius 1 is 1.03 bits per heavy atom. The molecule has 1 aromatic rings. The molecule has 1 atom stereocenters. The highest BCUT2D eigenvalue weighted by Crippen LogP contribution is 2.30. The molecule has 168 valence electrons. The SMILES string of the molecule is CC.CC=O.CCC.CCC1CCC(Oc2ccc(C(CC)C(C)=O)cc2)CC1. The van der Waals surface area contributed by atoms with Gasteiger partial charge in [0.2, 0.25) is 0 Å². The van der Waals surface area contributed by atoms with Crippen molar-refractivity contribution in [3.8, 4) is 5.75 Å². The number of hydrogen-bond donors (Lipinski definition) is 0. The number of carbonyl (C=O) groups is 2. The maximum atomic E-state index is 11.6. The Morgan fingerprint density at radius 2 is 1.48 bits per heavy atom. The van der Waals surface area contributed by atoms with Gasteiger partial charge in [0.05, 0.1) is 6.10 Å². The molecule has 0 spiro atoms. The highest BCUT2D eigenvalue weighted by Gasteiger charge is 2.21.